The lowest BCUT2D eigenvalue weighted by Gasteiger charge is -2.40. The molecule has 0 bridgehead atoms. The van der Waals surface area contributed by atoms with Gasteiger partial charge in [-0.1, -0.05) is 19.9 Å². The highest BCUT2D eigenvalue weighted by atomic mass is 19.2. The van der Waals surface area contributed by atoms with Gasteiger partial charge in [0.05, 0.1) is 18.2 Å². The van der Waals surface area contributed by atoms with Gasteiger partial charge in [0.2, 0.25) is 17.8 Å². The number of anilines is 3. The molecule has 1 saturated heterocycles. The van der Waals surface area contributed by atoms with E-state index in [1.165, 1.54) is 6.07 Å². The van der Waals surface area contributed by atoms with Gasteiger partial charge in [0.25, 0.3) is 0 Å². The van der Waals surface area contributed by atoms with E-state index in [1.807, 2.05) is 32.7 Å². The first kappa shape index (κ1) is 21.9. The molecule has 10 heteroatoms. The molecule has 0 radical (unpaired) electrons. The molecule has 0 spiro atoms. The highest BCUT2D eigenvalue weighted by Crippen LogP contribution is 2.34. The van der Waals surface area contributed by atoms with Gasteiger partial charge in [-0.05, 0) is 30.5 Å². The number of carbonyl (C=O) groups excluding carboxylic acids is 2. The Morgan fingerprint density at radius 1 is 1.25 bits per heavy atom. The Morgan fingerprint density at radius 2 is 1.97 bits per heavy atom. The minimum absolute atomic E-state index is 0.0133. The molecule has 2 amide bonds. The van der Waals surface area contributed by atoms with E-state index in [0.717, 1.165) is 12.1 Å². The lowest BCUT2D eigenvalue weighted by molar-refractivity contribution is -0.134. The normalized spacial score (nSPS) is 18.3. The Kier molecular flexibility index (Phi) is 5.70. The van der Waals surface area contributed by atoms with Crippen molar-refractivity contribution in [3.63, 3.8) is 0 Å². The summed E-state index contributed by atoms with van der Waals surface area (Å²) in [5.74, 6) is -0.914. The van der Waals surface area contributed by atoms with E-state index in [1.54, 1.807) is 4.90 Å². The van der Waals surface area contributed by atoms with Crippen LogP contribution in [0.5, 0.6) is 0 Å². The zero-order valence-corrected chi connectivity index (χ0v) is 18.4. The molecule has 170 valence electrons. The SMILES string of the molecule is Cc1nc(NC2CN(C(=O)Cc3ccc(F)c(F)c3)C2)nc2c1NC(=O)C(C(C)C)N2C. The number of fused-ring (bicyclic) bond motifs is 1. The standard InChI is InChI=1S/C22H26F2N6O2/c1-11(2)19-21(32)27-18-12(3)25-22(28-20(18)29(19)4)26-14-9-30(10-14)17(31)8-13-5-6-15(23)16(24)7-13/h5-7,11,14,19H,8-10H2,1-4H3,(H,27,32)(H,25,26,28). The number of halogens is 2. The predicted molar refractivity (Wildman–Crippen MR) is 116 cm³/mol. The summed E-state index contributed by atoms with van der Waals surface area (Å²) in [5.41, 5.74) is 1.70. The van der Waals surface area contributed by atoms with E-state index in [9.17, 15) is 18.4 Å². The first-order chi connectivity index (χ1) is 15.1. The van der Waals surface area contributed by atoms with Crippen molar-refractivity contribution in [1.82, 2.24) is 14.9 Å². The second kappa shape index (κ2) is 8.33. The Bertz CT molecular complexity index is 1070. The number of carbonyl (C=O) groups is 2. The topological polar surface area (TPSA) is 90.5 Å². The molecule has 1 unspecified atom stereocenters. The number of aromatic nitrogens is 2. The number of likely N-dealkylation sites (N-methyl/N-ethyl adjacent to an activating group) is 1. The smallest absolute Gasteiger partial charge is 0.247 e. The maximum Gasteiger partial charge on any atom is 0.247 e. The van der Waals surface area contributed by atoms with Crippen molar-refractivity contribution in [3.05, 3.63) is 41.1 Å². The maximum atomic E-state index is 13.4. The summed E-state index contributed by atoms with van der Waals surface area (Å²) in [7, 11) is 1.85. The summed E-state index contributed by atoms with van der Waals surface area (Å²) in [6.45, 7) is 6.71. The Labute approximate surface area is 185 Å². The summed E-state index contributed by atoms with van der Waals surface area (Å²) >= 11 is 0. The molecule has 1 atom stereocenters. The number of benzene rings is 1. The van der Waals surface area contributed by atoms with E-state index < -0.39 is 11.6 Å². The van der Waals surface area contributed by atoms with Crippen LogP contribution in [0.4, 0.5) is 26.2 Å². The molecule has 2 N–H and O–H groups in total. The minimum Gasteiger partial charge on any atom is -0.348 e. The van der Waals surface area contributed by atoms with Crippen LogP contribution in [-0.4, -0.2) is 58.9 Å². The van der Waals surface area contributed by atoms with Crippen LogP contribution in [-0.2, 0) is 16.0 Å². The van der Waals surface area contributed by atoms with E-state index >= 15 is 0 Å². The first-order valence-electron chi connectivity index (χ1n) is 10.5. The van der Waals surface area contributed by atoms with Crippen molar-refractivity contribution >= 4 is 29.3 Å². The van der Waals surface area contributed by atoms with Gasteiger partial charge in [-0.3, -0.25) is 9.59 Å². The molecule has 1 aromatic heterocycles. The fourth-order valence-electron chi connectivity index (χ4n) is 4.17. The van der Waals surface area contributed by atoms with E-state index in [2.05, 4.69) is 20.6 Å². The summed E-state index contributed by atoms with van der Waals surface area (Å²) in [5, 5.41) is 6.16. The van der Waals surface area contributed by atoms with Crippen LogP contribution in [0.15, 0.2) is 18.2 Å². The third-order valence-corrected chi connectivity index (χ3v) is 5.88. The molecular formula is C22H26F2N6O2. The minimum atomic E-state index is -0.959. The second-order valence-electron chi connectivity index (χ2n) is 8.69. The van der Waals surface area contributed by atoms with Gasteiger partial charge < -0.3 is 20.4 Å². The summed E-state index contributed by atoms with van der Waals surface area (Å²) < 4.78 is 26.4. The highest BCUT2D eigenvalue weighted by molar-refractivity contribution is 6.03. The molecule has 1 aromatic carbocycles. The molecule has 2 aliphatic heterocycles. The molecule has 3 heterocycles. The van der Waals surface area contributed by atoms with Crippen molar-refractivity contribution in [2.45, 2.75) is 39.3 Å². The molecular weight excluding hydrogens is 418 g/mol. The number of nitrogens with zero attached hydrogens (tertiary/aromatic N) is 4. The first-order valence-corrected chi connectivity index (χ1v) is 10.5. The predicted octanol–water partition coefficient (Wildman–Crippen LogP) is 2.34. The number of likely N-dealkylation sites (tertiary alicyclic amines) is 1. The molecule has 0 saturated carbocycles. The van der Waals surface area contributed by atoms with Crippen molar-refractivity contribution in [2.75, 3.05) is 35.7 Å². The average molecular weight is 444 g/mol. The molecule has 32 heavy (non-hydrogen) atoms. The zero-order valence-electron chi connectivity index (χ0n) is 18.4. The number of hydrogen-bond acceptors (Lipinski definition) is 6. The van der Waals surface area contributed by atoms with Gasteiger partial charge in [-0.25, -0.2) is 13.8 Å². The Balaban J connectivity index is 1.39. The van der Waals surface area contributed by atoms with Gasteiger partial charge in [-0.15, -0.1) is 0 Å². The quantitative estimate of drug-likeness (QED) is 0.736. The number of rotatable bonds is 5. The molecule has 8 nitrogen and oxygen atoms in total. The van der Waals surface area contributed by atoms with Gasteiger partial charge in [0.15, 0.2) is 17.5 Å². The van der Waals surface area contributed by atoms with E-state index in [0.29, 0.717) is 41.8 Å². The van der Waals surface area contributed by atoms with Crippen molar-refractivity contribution < 1.29 is 18.4 Å². The van der Waals surface area contributed by atoms with Gasteiger partial charge >= 0.3 is 0 Å². The summed E-state index contributed by atoms with van der Waals surface area (Å²) in [6.07, 6.45) is 0.0133. The molecule has 2 aromatic rings. The van der Waals surface area contributed by atoms with Crippen LogP contribution in [0, 0.1) is 24.5 Å². The molecule has 0 aliphatic carbocycles. The molecule has 1 fully saturated rings. The molecule has 4 rings (SSSR count). The zero-order chi connectivity index (χ0) is 23.2. The van der Waals surface area contributed by atoms with Crippen molar-refractivity contribution in [2.24, 2.45) is 5.92 Å². The van der Waals surface area contributed by atoms with Crippen LogP contribution in [0.2, 0.25) is 0 Å². The fraction of sp³-hybridized carbons (Fsp3) is 0.455. The maximum absolute atomic E-state index is 13.4. The van der Waals surface area contributed by atoms with Crippen LogP contribution < -0.4 is 15.5 Å². The number of nitrogens with one attached hydrogen (secondary N) is 2. The third kappa shape index (κ3) is 4.09. The van der Waals surface area contributed by atoms with Gasteiger partial charge in [-0.2, -0.15) is 4.98 Å². The monoisotopic (exact) mass is 444 g/mol. The lowest BCUT2D eigenvalue weighted by atomic mass is 9.99. The summed E-state index contributed by atoms with van der Waals surface area (Å²) in [4.78, 5) is 37.4. The largest absolute Gasteiger partial charge is 0.348 e. The lowest BCUT2D eigenvalue weighted by Crippen LogP contribution is -2.57. The van der Waals surface area contributed by atoms with Gasteiger partial charge in [0, 0.05) is 20.1 Å². The van der Waals surface area contributed by atoms with E-state index in [-0.39, 0.29) is 36.2 Å². The number of aryl methyl sites for hydroxylation is 1. The molecule has 2 aliphatic rings. The van der Waals surface area contributed by atoms with Crippen molar-refractivity contribution in [3.8, 4) is 0 Å². The Hall–Kier alpha value is -3.30. The van der Waals surface area contributed by atoms with Crippen molar-refractivity contribution in [1.29, 1.82) is 0 Å². The highest BCUT2D eigenvalue weighted by Gasteiger charge is 2.36. The second-order valence-corrected chi connectivity index (χ2v) is 8.69. The fourth-order valence-corrected chi connectivity index (χ4v) is 4.17. The van der Waals surface area contributed by atoms with Gasteiger partial charge in [0.1, 0.15) is 11.7 Å². The van der Waals surface area contributed by atoms with Crippen LogP contribution in [0.3, 0.4) is 0 Å². The average Bonchev–Trinajstić information content (AvgIpc) is 2.68. The summed E-state index contributed by atoms with van der Waals surface area (Å²) in [6, 6.07) is 3.14. The van der Waals surface area contributed by atoms with Crippen LogP contribution in [0.25, 0.3) is 0 Å². The van der Waals surface area contributed by atoms with Crippen LogP contribution in [0.1, 0.15) is 25.1 Å². The number of hydrogen-bond donors (Lipinski definition) is 2. The third-order valence-electron chi connectivity index (χ3n) is 5.88. The number of amides is 2. The van der Waals surface area contributed by atoms with E-state index in [4.69, 9.17) is 0 Å². The van der Waals surface area contributed by atoms with Crippen LogP contribution >= 0.6 is 0 Å². The Morgan fingerprint density at radius 3 is 2.62 bits per heavy atom.